The molecule has 0 rings (SSSR count). The predicted molar refractivity (Wildman–Crippen MR) is 29.3 cm³/mol. The molecule has 0 amide bonds. The van der Waals surface area contributed by atoms with Gasteiger partial charge in [-0.3, -0.25) is 0 Å². The Kier molecular flexibility index (Phi) is 19.0. The zero-order valence-corrected chi connectivity index (χ0v) is 6.52. The van der Waals surface area contributed by atoms with Crippen LogP contribution in [0.15, 0.2) is 0 Å². The molecule has 6 nitrogen and oxygen atoms in total. The topological polar surface area (TPSA) is 115 Å². The summed E-state index contributed by atoms with van der Waals surface area (Å²) in [6.07, 6.45) is -3.67. The molecule has 0 fully saturated rings. The summed E-state index contributed by atoms with van der Waals surface area (Å²) in [7, 11) is 0. The minimum Gasteiger partial charge on any atom is -1.00 e. The quantitative estimate of drug-likeness (QED) is 0.384. The molecule has 0 aliphatic heterocycles. The fraction of sp³-hybridized carbons (Fsp3) is 0. The second kappa shape index (κ2) is 10.7. The van der Waals surface area contributed by atoms with Crippen LogP contribution in [-0.4, -0.2) is 70.5 Å². The van der Waals surface area contributed by atoms with Gasteiger partial charge in [-0.2, -0.15) is 0 Å². The number of carboxylic acid groups (broad SMARTS) is 4. The number of hydrogen-bond donors (Lipinski definition) is 4. The van der Waals surface area contributed by atoms with Gasteiger partial charge in [-0.15, -0.1) is 0 Å². The molecule has 0 aliphatic rings. The van der Waals surface area contributed by atoms with Crippen LogP contribution in [0.4, 0.5) is 9.59 Å². The van der Waals surface area contributed by atoms with Crippen molar-refractivity contribution in [1.29, 1.82) is 0 Å². The molecule has 7 heteroatoms. The Morgan fingerprint density at radius 3 is 0.889 bits per heavy atom. The van der Waals surface area contributed by atoms with Crippen LogP contribution in [0.2, 0.25) is 0 Å². The van der Waals surface area contributed by atoms with Crippen molar-refractivity contribution in [3.05, 3.63) is 0 Å². The van der Waals surface area contributed by atoms with E-state index in [0.29, 0.717) is 0 Å². The van der Waals surface area contributed by atoms with Crippen molar-refractivity contribution in [2.75, 3.05) is 0 Å². The third-order valence-corrected chi connectivity index (χ3v) is 0. The minimum atomic E-state index is -1.83. The molecule has 0 aromatic carbocycles. The first kappa shape index (κ1) is 15.9. The van der Waals surface area contributed by atoms with Gasteiger partial charge in [0.1, 0.15) is 0 Å². The molecule has 0 saturated carbocycles. The normalized spacial score (nSPS) is 5.33. The average molecular weight is 166 g/mol. The van der Waals surface area contributed by atoms with Crippen molar-refractivity contribution in [3.63, 3.8) is 0 Å². The van der Waals surface area contributed by atoms with Crippen LogP contribution in [0, 0.1) is 0 Å². The van der Waals surface area contributed by atoms with Crippen LogP contribution in [0.25, 0.3) is 0 Å². The summed E-state index contributed by atoms with van der Waals surface area (Å²) in [6, 6.07) is 0. The summed E-state index contributed by atoms with van der Waals surface area (Å²) in [4.78, 5) is 17.1. The monoisotopic (exact) mass is 166 g/mol. The first-order valence-electron chi connectivity index (χ1n) is 1.30. The maximum Gasteiger partial charge on any atom is 2.00 e. The molecule has 0 heterocycles. The van der Waals surface area contributed by atoms with Crippen molar-refractivity contribution < 1.29 is 32.9 Å². The third-order valence-electron chi connectivity index (χ3n) is 0. The van der Waals surface area contributed by atoms with E-state index >= 15 is 0 Å². The Morgan fingerprint density at radius 2 is 0.889 bits per heavy atom. The maximum atomic E-state index is 8.56. The Bertz CT molecular complexity index is 76.6. The zero-order valence-electron chi connectivity index (χ0n) is 6.31. The van der Waals surface area contributed by atoms with Crippen LogP contribution < -0.4 is 0 Å². The van der Waals surface area contributed by atoms with E-state index < -0.39 is 12.3 Å². The van der Waals surface area contributed by atoms with Gasteiger partial charge >= 0.3 is 50.0 Å². The minimum absolute atomic E-state index is 0. The van der Waals surface area contributed by atoms with E-state index in [1.54, 1.807) is 0 Å². The number of carbonyl (C=O) groups is 2. The smallest absolute Gasteiger partial charge is 1.00 e. The second-order valence-electron chi connectivity index (χ2n) is 0.565. The van der Waals surface area contributed by atoms with Gasteiger partial charge in [-0.25, -0.2) is 9.59 Å². The van der Waals surface area contributed by atoms with Gasteiger partial charge in [0, 0.05) is 0 Å². The molecule has 4 N–H and O–H groups in total. The summed E-state index contributed by atoms with van der Waals surface area (Å²) in [5.41, 5.74) is 0. The molecule has 0 unspecified atom stereocenters. The van der Waals surface area contributed by atoms with Crippen molar-refractivity contribution in [3.8, 4) is 0 Å². The largest absolute Gasteiger partial charge is 2.00 e. The fourth-order valence-electron chi connectivity index (χ4n) is 0. The zero-order chi connectivity index (χ0) is 7.15. The van der Waals surface area contributed by atoms with Crippen LogP contribution >= 0.6 is 0 Å². The van der Waals surface area contributed by atoms with E-state index in [1.165, 1.54) is 0 Å². The molecule has 0 atom stereocenters. The van der Waals surface area contributed by atoms with Gasteiger partial charge in [0.2, 0.25) is 0 Å². The predicted octanol–water partition coefficient (Wildman–Crippen LogP) is 0.289. The summed E-state index contributed by atoms with van der Waals surface area (Å²) in [5, 5.41) is 27.9. The van der Waals surface area contributed by atoms with Gasteiger partial charge in [0.15, 0.2) is 0 Å². The molecule has 0 bridgehead atoms. The number of hydrogen-bond acceptors (Lipinski definition) is 2. The van der Waals surface area contributed by atoms with Gasteiger partial charge in [-0.05, 0) is 0 Å². The van der Waals surface area contributed by atoms with E-state index in [4.69, 9.17) is 30.0 Å². The van der Waals surface area contributed by atoms with E-state index in [9.17, 15) is 0 Å². The molecular formula is C2H6CaO6. The van der Waals surface area contributed by atoms with Crippen LogP contribution in [0.5, 0.6) is 0 Å². The first-order chi connectivity index (χ1) is 3.46. The molecule has 0 aromatic rings. The van der Waals surface area contributed by atoms with E-state index in [0.717, 1.165) is 0 Å². The van der Waals surface area contributed by atoms with E-state index in [-0.39, 0.29) is 40.6 Å². The number of rotatable bonds is 0. The SMILES string of the molecule is O=C(O)O.O=C(O)O.[Ca+2].[H-].[H-]. The van der Waals surface area contributed by atoms with Gasteiger partial charge in [0.05, 0.1) is 0 Å². The second-order valence-corrected chi connectivity index (χ2v) is 0.565. The molecule has 0 radical (unpaired) electrons. The third kappa shape index (κ3) is 6540. The molecule has 52 valence electrons. The molecular weight excluding hydrogens is 160 g/mol. The summed E-state index contributed by atoms with van der Waals surface area (Å²) >= 11 is 0. The van der Waals surface area contributed by atoms with E-state index in [2.05, 4.69) is 0 Å². The van der Waals surface area contributed by atoms with Crippen LogP contribution in [0.1, 0.15) is 2.85 Å². The summed E-state index contributed by atoms with van der Waals surface area (Å²) < 4.78 is 0. The van der Waals surface area contributed by atoms with Gasteiger partial charge in [0.25, 0.3) is 0 Å². The van der Waals surface area contributed by atoms with Crippen LogP contribution in [0.3, 0.4) is 0 Å². The van der Waals surface area contributed by atoms with Crippen molar-refractivity contribution in [2.45, 2.75) is 0 Å². The van der Waals surface area contributed by atoms with Crippen molar-refractivity contribution >= 4 is 50.0 Å². The van der Waals surface area contributed by atoms with Crippen LogP contribution in [-0.2, 0) is 0 Å². The molecule has 9 heavy (non-hydrogen) atoms. The summed E-state index contributed by atoms with van der Waals surface area (Å²) in [5.74, 6) is 0. The van der Waals surface area contributed by atoms with Gasteiger partial charge in [-0.1, -0.05) is 0 Å². The first-order valence-corrected chi connectivity index (χ1v) is 1.30. The van der Waals surface area contributed by atoms with Gasteiger partial charge < -0.3 is 23.3 Å². The molecule has 0 aromatic heterocycles. The van der Waals surface area contributed by atoms with Crippen molar-refractivity contribution in [1.82, 2.24) is 0 Å². The van der Waals surface area contributed by atoms with Crippen molar-refractivity contribution in [2.24, 2.45) is 0 Å². The maximum absolute atomic E-state index is 8.56. The van der Waals surface area contributed by atoms with E-state index in [1.807, 2.05) is 0 Å². The Balaban J connectivity index is -0.0000000171. The summed E-state index contributed by atoms with van der Waals surface area (Å²) in [6.45, 7) is 0. The molecule has 0 aliphatic carbocycles. The molecule has 0 saturated heterocycles. The average Bonchev–Trinajstić information content (AvgIpc) is 1.25. The molecule has 0 spiro atoms. The fourth-order valence-corrected chi connectivity index (χ4v) is 0. The Labute approximate surface area is 82.7 Å². The Morgan fingerprint density at radius 1 is 0.889 bits per heavy atom. The standard InChI is InChI=1S/2CH2O3.Ca.2H/c2*2-1(3)4;;;/h2*(H2,2,3,4);;;/q;;+2;2*-1. The Hall–Kier alpha value is -0.200.